The standard InChI is InChI=1S/C39H48N10O5/c1-4-28(23-50)42-33-18-34(49-36(44-33)31(20-41-49)24(2)3)40-19-25-5-8-29(9-6-25)43-39(54)47-15-13-46(14-16-47)21-26-7-10-30-27(17-26)22-48(38(30)53)32-11-12-35(51)45-37(32)52/h5-10,17-18,20,24,28,32,40,50H,4,11-16,19,21-23H2,1-3H3,(H,42,44)(H,43,54)(H,45,51,52). The first kappa shape index (κ1) is 36.8. The minimum Gasteiger partial charge on any atom is -0.394 e. The van der Waals surface area contributed by atoms with Crippen LogP contribution in [0.4, 0.5) is 22.1 Å². The highest BCUT2D eigenvalue weighted by Gasteiger charge is 2.39. The van der Waals surface area contributed by atoms with Crippen LogP contribution in [0.25, 0.3) is 5.65 Å². The number of hydrogen-bond donors (Lipinski definition) is 5. The van der Waals surface area contributed by atoms with Gasteiger partial charge in [0.05, 0.1) is 18.8 Å². The molecule has 2 aromatic heterocycles. The number of carbonyl (C=O) groups excluding carboxylic acids is 4. The summed E-state index contributed by atoms with van der Waals surface area (Å²) in [5.41, 5.74) is 6.11. The normalized spacial score (nSPS) is 18.2. The molecule has 3 aliphatic heterocycles. The minimum atomic E-state index is -0.630. The van der Waals surface area contributed by atoms with Crippen LogP contribution in [0.5, 0.6) is 0 Å². The van der Waals surface area contributed by atoms with Crippen molar-refractivity contribution in [3.63, 3.8) is 0 Å². The van der Waals surface area contributed by atoms with Gasteiger partial charge >= 0.3 is 6.03 Å². The van der Waals surface area contributed by atoms with Gasteiger partial charge in [0.1, 0.15) is 17.7 Å². The van der Waals surface area contributed by atoms with Crippen molar-refractivity contribution >= 4 is 46.7 Å². The molecule has 0 bridgehead atoms. The van der Waals surface area contributed by atoms with E-state index in [1.165, 1.54) is 0 Å². The molecule has 3 aliphatic rings. The summed E-state index contributed by atoms with van der Waals surface area (Å²) in [4.78, 5) is 60.7. The van der Waals surface area contributed by atoms with Crippen LogP contribution < -0.4 is 21.3 Å². The first-order chi connectivity index (χ1) is 26.1. The number of amides is 5. The van der Waals surface area contributed by atoms with Crippen molar-refractivity contribution in [1.82, 2.24) is 34.6 Å². The Labute approximate surface area is 314 Å². The quantitative estimate of drug-likeness (QED) is 0.135. The van der Waals surface area contributed by atoms with E-state index in [0.29, 0.717) is 69.3 Å². The molecule has 0 spiro atoms. The molecule has 284 valence electrons. The van der Waals surface area contributed by atoms with E-state index in [-0.39, 0.29) is 42.8 Å². The molecule has 5 N–H and O–H groups in total. The molecule has 2 atom stereocenters. The second-order valence-electron chi connectivity index (χ2n) is 14.6. The number of urea groups is 1. The van der Waals surface area contributed by atoms with E-state index in [9.17, 15) is 24.3 Å². The van der Waals surface area contributed by atoms with Crippen molar-refractivity contribution in [2.45, 2.75) is 77.7 Å². The Bertz CT molecular complexity index is 2040. The second-order valence-corrected chi connectivity index (χ2v) is 14.6. The first-order valence-corrected chi connectivity index (χ1v) is 18.7. The van der Waals surface area contributed by atoms with Crippen LogP contribution in [-0.2, 0) is 29.2 Å². The maximum absolute atomic E-state index is 13.2. The van der Waals surface area contributed by atoms with Gasteiger partial charge in [0.15, 0.2) is 5.65 Å². The number of nitrogens with one attached hydrogen (secondary N) is 4. The summed E-state index contributed by atoms with van der Waals surface area (Å²) in [6, 6.07) is 14.6. The lowest BCUT2D eigenvalue weighted by molar-refractivity contribution is -0.136. The van der Waals surface area contributed by atoms with E-state index in [2.05, 4.69) is 45.1 Å². The Hall–Kier alpha value is -5.54. The molecule has 2 aromatic carbocycles. The van der Waals surface area contributed by atoms with E-state index < -0.39 is 11.9 Å². The Kier molecular flexibility index (Phi) is 10.8. The molecule has 54 heavy (non-hydrogen) atoms. The van der Waals surface area contributed by atoms with Crippen molar-refractivity contribution in [2.75, 3.05) is 48.7 Å². The Balaban J connectivity index is 0.899. The van der Waals surface area contributed by atoms with Gasteiger partial charge in [0.25, 0.3) is 5.91 Å². The maximum atomic E-state index is 13.2. The number of anilines is 3. The zero-order valence-electron chi connectivity index (χ0n) is 31.0. The van der Waals surface area contributed by atoms with E-state index in [1.807, 2.05) is 71.1 Å². The number of imide groups is 1. The number of aliphatic hydroxyl groups is 1. The van der Waals surface area contributed by atoms with Gasteiger partial charge in [-0.15, -0.1) is 0 Å². The fraction of sp³-hybridized carbons (Fsp3) is 0.436. The van der Waals surface area contributed by atoms with Crippen molar-refractivity contribution < 1.29 is 24.3 Å². The van der Waals surface area contributed by atoms with Gasteiger partial charge in [-0.3, -0.25) is 24.6 Å². The van der Waals surface area contributed by atoms with Crippen LogP contribution in [0.15, 0.2) is 54.7 Å². The zero-order valence-corrected chi connectivity index (χ0v) is 31.0. The van der Waals surface area contributed by atoms with Crippen molar-refractivity contribution in [3.8, 4) is 0 Å². The van der Waals surface area contributed by atoms with Crippen LogP contribution in [0.2, 0.25) is 0 Å². The van der Waals surface area contributed by atoms with Crippen molar-refractivity contribution in [3.05, 3.63) is 82.5 Å². The number of benzene rings is 2. The highest BCUT2D eigenvalue weighted by molar-refractivity contribution is 6.05. The molecule has 5 amide bonds. The summed E-state index contributed by atoms with van der Waals surface area (Å²) in [5.74, 6) is 0.815. The average molecular weight is 737 g/mol. The third-order valence-corrected chi connectivity index (χ3v) is 10.5. The number of carbonyl (C=O) groups is 4. The number of aromatic nitrogens is 3. The Morgan fingerprint density at radius 2 is 1.78 bits per heavy atom. The predicted molar refractivity (Wildman–Crippen MR) is 204 cm³/mol. The summed E-state index contributed by atoms with van der Waals surface area (Å²) < 4.78 is 1.81. The van der Waals surface area contributed by atoms with Gasteiger partial charge in [0.2, 0.25) is 11.8 Å². The Morgan fingerprint density at radius 3 is 2.48 bits per heavy atom. The van der Waals surface area contributed by atoms with Crippen molar-refractivity contribution in [2.24, 2.45) is 0 Å². The molecule has 15 heteroatoms. The van der Waals surface area contributed by atoms with E-state index in [0.717, 1.165) is 40.1 Å². The van der Waals surface area contributed by atoms with E-state index >= 15 is 0 Å². The smallest absolute Gasteiger partial charge is 0.321 e. The van der Waals surface area contributed by atoms with Gasteiger partial charge in [-0.25, -0.2) is 9.78 Å². The molecule has 0 aliphatic carbocycles. The van der Waals surface area contributed by atoms with Crippen LogP contribution in [0.1, 0.15) is 78.6 Å². The number of hydrogen-bond acceptors (Lipinski definition) is 10. The average Bonchev–Trinajstić information content (AvgIpc) is 3.74. The van der Waals surface area contributed by atoms with Gasteiger partial charge in [-0.2, -0.15) is 9.61 Å². The third-order valence-electron chi connectivity index (χ3n) is 10.5. The van der Waals surface area contributed by atoms with Gasteiger partial charge in [0, 0.05) is 75.1 Å². The Morgan fingerprint density at radius 1 is 1.02 bits per heavy atom. The predicted octanol–water partition coefficient (Wildman–Crippen LogP) is 3.76. The largest absolute Gasteiger partial charge is 0.394 e. The molecule has 5 heterocycles. The molecule has 0 radical (unpaired) electrons. The zero-order chi connectivity index (χ0) is 37.9. The van der Waals surface area contributed by atoms with E-state index in [4.69, 9.17) is 4.98 Å². The number of aliphatic hydroxyl groups excluding tert-OH is 1. The lowest BCUT2D eigenvalue weighted by atomic mass is 10.0. The fourth-order valence-corrected chi connectivity index (χ4v) is 7.27. The molecular weight excluding hydrogens is 688 g/mol. The topological polar surface area (TPSA) is 177 Å². The minimum absolute atomic E-state index is 0.0132. The number of piperidine rings is 1. The number of rotatable bonds is 12. The fourth-order valence-electron chi connectivity index (χ4n) is 7.27. The maximum Gasteiger partial charge on any atom is 0.321 e. The van der Waals surface area contributed by atoms with Crippen LogP contribution in [-0.4, -0.2) is 103 Å². The van der Waals surface area contributed by atoms with Gasteiger partial charge in [-0.1, -0.05) is 45.0 Å². The lowest BCUT2D eigenvalue weighted by Gasteiger charge is -2.34. The molecule has 2 unspecified atom stereocenters. The summed E-state index contributed by atoms with van der Waals surface area (Å²) in [6.07, 6.45) is 3.18. The summed E-state index contributed by atoms with van der Waals surface area (Å²) in [5, 5.41) is 26.5. The van der Waals surface area contributed by atoms with Crippen molar-refractivity contribution in [1.29, 1.82) is 0 Å². The van der Waals surface area contributed by atoms with E-state index in [1.54, 1.807) is 4.90 Å². The SMILES string of the molecule is CCC(CO)Nc1cc(NCc2ccc(NC(=O)N3CCN(Cc4ccc5c(c4)CN(C4CCC(=O)NC4=O)C5=O)CC3)cc2)n2ncc(C(C)C)c2n1. The van der Waals surface area contributed by atoms with Gasteiger partial charge in [-0.05, 0) is 53.6 Å². The summed E-state index contributed by atoms with van der Waals surface area (Å²) in [7, 11) is 0. The molecule has 7 rings (SSSR count). The van der Waals surface area contributed by atoms with Crippen LogP contribution in [0.3, 0.4) is 0 Å². The summed E-state index contributed by atoms with van der Waals surface area (Å²) in [6.45, 7) is 10.4. The highest BCUT2D eigenvalue weighted by atomic mass is 16.3. The molecule has 0 saturated carbocycles. The monoisotopic (exact) mass is 736 g/mol. The van der Waals surface area contributed by atoms with Gasteiger partial charge < -0.3 is 30.9 Å². The third kappa shape index (κ3) is 7.87. The number of piperazine rings is 1. The van der Waals surface area contributed by atoms with Crippen LogP contribution in [0, 0.1) is 0 Å². The second kappa shape index (κ2) is 15.8. The highest BCUT2D eigenvalue weighted by Crippen LogP contribution is 2.29. The summed E-state index contributed by atoms with van der Waals surface area (Å²) >= 11 is 0. The molecule has 4 aromatic rings. The molecule has 2 saturated heterocycles. The van der Waals surface area contributed by atoms with Crippen LogP contribution >= 0.6 is 0 Å². The molecule has 15 nitrogen and oxygen atoms in total. The molecular formula is C39H48N10O5. The number of nitrogens with zero attached hydrogens (tertiary/aromatic N) is 6. The lowest BCUT2D eigenvalue weighted by Crippen LogP contribution is -2.52. The number of fused-ring (bicyclic) bond motifs is 2. The first-order valence-electron chi connectivity index (χ1n) is 18.7. The molecule has 2 fully saturated rings.